The Hall–Kier alpha value is -0.570. The van der Waals surface area contributed by atoms with Crippen molar-refractivity contribution < 1.29 is 4.74 Å². The number of halogens is 1. The van der Waals surface area contributed by atoms with E-state index in [9.17, 15) is 0 Å². The molecule has 98 valence electrons. The summed E-state index contributed by atoms with van der Waals surface area (Å²) in [5, 5.41) is 3.54. The van der Waals surface area contributed by atoms with E-state index in [1.807, 2.05) is 0 Å². The number of aryl methyl sites for hydroxylation is 1. The fourth-order valence-electron chi connectivity index (χ4n) is 1.90. The van der Waals surface area contributed by atoms with Crippen LogP contribution in [0.3, 0.4) is 0 Å². The van der Waals surface area contributed by atoms with Gasteiger partial charge >= 0.3 is 0 Å². The lowest BCUT2D eigenvalue weighted by atomic mass is 10.0. The Balaban J connectivity index is 0.00000256. The molecule has 0 saturated heterocycles. The molecule has 0 spiro atoms. The fraction of sp³-hybridized carbons (Fsp3) is 0.571. The summed E-state index contributed by atoms with van der Waals surface area (Å²) in [4.78, 5) is 0. The van der Waals surface area contributed by atoms with Gasteiger partial charge in [-0.3, -0.25) is 0 Å². The molecule has 1 aromatic rings. The van der Waals surface area contributed by atoms with Crippen molar-refractivity contribution in [2.24, 2.45) is 5.92 Å². The highest BCUT2D eigenvalue weighted by molar-refractivity contribution is 5.85. The summed E-state index contributed by atoms with van der Waals surface area (Å²) in [6.07, 6.45) is 0. The van der Waals surface area contributed by atoms with Crippen LogP contribution in [-0.4, -0.2) is 20.3 Å². The van der Waals surface area contributed by atoms with E-state index in [0.717, 1.165) is 13.2 Å². The highest BCUT2D eigenvalue weighted by atomic mass is 35.5. The summed E-state index contributed by atoms with van der Waals surface area (Å²) >= 11 is 0. The lowest BCUT2D eigenvalue weighted by Crippen LogP contribution is -2.26. The molecular weight excluding hydrogens is 234 g/mol. The lowest BCUT2D eigenvalue weighted by Gasteiger charge is -2.19. The Morgan fingerprint density at radius 1 is 1.24 bits per heavy atom. The first-order valence-electron chi connectivity index (χ1n) is 5.93. The largest absolute Gasteiger partial charge is 0.384 e. The van der Waals surface area contributed by atoms with Crippen molar-refractivity contribution in [2.75, 3.05) is 20.3 Å². The van der Waals surface area contributed by atoms with Crippen LogP contribution < -0.4 is 5.32 Å². The van der Waals surface area contributed by atoms with Crippen LogP contribution in [0.4, 0.5) is 0 Å². The third-order valence-corrected chi connectivity index (χ3v) is 2.88. The second-order valence-electron chi connectivity index (χ2n) is 4.55. The van der Waals surface area contributed by atoms with E-state index in [-0.39, 0.29) is 12.4 Å². The van der Waals surface area contributed by atoms with Crippen LogP contribution in [0.1, 0.15) is 31.0 Å². The predicted octanol–water partition coefficient (Wildman–Crippen LogP) is 3.35. The van der Waals surface area contributed by atoms with Crippen LogP contribution in [0, 0.1) is 12.8 Å². The second kappa shape index (κ2) is 8.51. The van der Waals surface area contributed by atoms with Gasteiger partial charge in [0.25, 0.3) is 0 Å². The highest BCUT2D eigenvalue weighted by Gasteiger charge is 2.08. The molecule has 1 N–H and O–H groups in total. The third kappa shape index (κ3) is 5.53. The SMILES string of the molecule is COCC(C)CNC(C)c1ccccc1C.Cl. The summed E-state index contributed by atoms with van der Waals surface area (Å²) in [6.45, 7) is 8.37. The second-order valence-corrected chi connectivity index (χ2v) is 4.55. The Labute approximate surface area is 111 Å². The van der Waals surface area contributed by atoms with Crippen LogP contribution in [0.25, 0.3) is 0 Å². The lowest BCUT2D eigenvalue weighted by molar-refractivity contribution is 0.157. The molecular formula is C14H24ClNO. The topological polar surface area (TPSA) is 21.3 Å². The zero-order chi connectivity index (χ0) is 12.0. The van der Waals surface area contributed by atoms with Gasteiger partial charge in [0.2, 0.25) is 0 Å². The van der Waals surface area contributed by atoms with Crippen molar-refractivity contribution in [3.63, 3.8) is 0 Å². The summed E-state index contributed by atoms with van der Waals surface area (Å²) in [5.41, 5.74) is 2.73. The van der Waals surface area contributed by atoms with Crippen LogP contribution >= 0.6 is 12.4 Å². The molecule has 1 rings (SSSR count). The van der Waals surface area contributed by atoms with E-state index in [1.54, 1.807) is 7.11 Å². The van der Waals surface area contributed by atoms with Gasteiger partial charge in [0, 0.05) is 26.3 Å². The van der Waals surface area contributed by atoms with Gasteiger partial charge in [-0.2, -0.15) is 0 Å². The number of hydrogen-bond donors (Lipinski definition) is 1. The molecule has 17 heavy (non-hydrogen) atoms. The zero-order valence-electron chi connectivity index (χ0n) is 11.2. The van der Waals surface area contributed by atoms with E-state index in [2.05, 4.69) is 50.4 Å². The van der Waals surface area contributed by atoms with Gasteiger partial charge in [0.1, 0.15) is 0 Å². The van der Waals surface area contributed by atoms with Gasteiger partial charge in [-0.05, 0) is 30.9 Å². The summed E-state index contributed by atoms with van der Waals surface area (Å²) in [7, 11) is 1.75. The molecule has 0 aromatic heterocycles. The van der Waals surface area contributed by atoms with Crippen molar-refractivity contribution in [1.82, 2.24) is 5.32 Å². The van der Waals surface area contributed by atoms with Crippen LogP contribution in [0.2, 0.25) is 0 Å². The monoisotopic (exact) mass is 257 g/mol. The summed E-state index contributed by atoms with van der Waals surface area (Å²) < 4.78 is 5.13. The molecule has 0 heterocycles. The van der Waals surface area contributed by atoms with Crippen molar-refractivity contribution in [3.8, 4) is 0 Å². The van der Waals surface area contributed by atoms with Crippen molar-refractivity contribution in [2.45, 2.75) is 26.8 Å². The summed E-state index contributed by atoms with van der Waals surface area (Å²) in [6, 6.07) is 8.93. The number of nitrogens with one attached hydrogen (secondary N) is 1. The number of rotatable bonds is 6. The van der Waals surface area contributed by atoms with Crippen molar-refractivity contribution >= 4 is 12.4 Å². The Kier molecular flexibility index (Phi) is 8.23. The van der Waals surface area contributed by atoms with Gasteiger partial charge in [-0.15, -0.1) is 12.4 Å². The maximum Gasteiger partial charge on any atom is 0.0499 e. The van der Waals surface area contributed by atoms with Gasteiger partial charge in [-0.1, -0.05) is 31.2 Å². The maximum atomic E-state index is 5.13. The quantitative estimate of drug-likeness (QED) is 0.844. The third-order valence-electron chi connectivity index (χ3n) is 2.88. The van der Waals surface area contributed by atoms with Crippen molar-refractivity contribution in [1.29, 1.82) is 0 Å². The van der Waals surface area contributed by atoms with E-state index < -0.39 is 0 Å². The molecule has 0 bridgehead atoms. The Bertz CT molecular complexity index is 317. The number of methoxy groups -OCH3 is 1. The van der Waals surface area contributed by atoms with Crippen LogP contribution in [0.15, 0.2) is 24.3 Å². The molecule has 1 aromatic carbocycles. The Morgan fingerprint density at radius 3 is 2.47 bits per heavy atom. The van der Waals surface area contributed by atoms with Crippen LogP contribution in [-0.2, 0) is 4.74 Å². The van der Waals surface area contributed by atoms with E-state index >= 15 is 0 Å². The average molecular weight is 258 g/mol. The minimum absolute atomic E-state index is 0. The molecule has 0 aliphatic rings. The smallest absolute Gasteiger partial charge is 0.0499 e. The number of benzene rings is 1. The normalized spacial score (nSPS) is 13.9. The maximum absolute atomic E-state index is 5.13. The molecule has 0 aliphatic heterocycles. The first-order chi connectivity index (χ1) is 7.65. The Morgan fingerprint density at radius 2 is 1.88 bits per heavy atom. The molecule has 0 fully saturated rings. The summed E-state index contributed by atoms with van der Waals surface area (Å²) in [5.74, 6) is 0.552. The van der Waals surface area contributed by atoms with Gasteiger partial charge < -0.3 is 10.1 Å². The fourth-order valence-corrected chi connectivity index (χ4v) is 1.90. The minimum Gasteiger partial charge on any atom is -0.384 e. The minimum atomic E-state index is 0. The highest BCUT2D eigenvalue weighted by Crippen LogP contribution is 2.16. The molecule has 0 radical (unpaired) electrons. The predicted molar refractivity (Wildman–Crippen MR) is 75.9 cm³/mol. The standard InChI is InChI=1S/C14H23NO.ClH/c1-11(10-16-4)9-15-13(3)14-8-6-5-7-12(14)2;/h5-8,11,13,15H,9-10H2,1-4H3;1H. The van der Waals surface area contributed by atoms with E-state index in [4.69, 9.17) is 4.74 Å². The molecule has 2 nitrogen and oxygen atoms in total. The number of ether oxygens (including phenoxy) is 1. The molecule has 0 saturated carbocycles. The molecule has 2 unspecified atom stereocenters. The van der Waals surface area contributed by atoms with Gasteiger partial charge in [0.15, 0.2) is 0 Å². The first-order valence-corrected chi connectivity index (χ1v) is 5.93. The van der Waals surface area contributed by atoms with Gasteiger partial charge in [0.05, 0.1) is 0 Å². The average Bonchev–Trinajstić information content (AvgIpc) is 2.27. The molecule has 0 aliphatic carbocycles. The molecule has 3 heteroatoms. The van der Waals surface area contributed by atoms with Crippen molar-refractivity contribution in [3.05, 3.63) is 35.4 Å². The first kappa shape index (κ1) is 16.4. The van der Waals surface area contributed by atoms with Gasteiger partial charge in [-0.25, -0.2) is 0 Å². The van der Waals surface area contributed by atoms with Crippen LogP contribution in [0.5, 0.6) is 0 Å². The van der Waals surface area contributed by atoms with E-state index in [0.29, 0.717) is 12.0 Å². The molecule has 2 atom stereocenters. The number of hydrogen-bond acceptors (Lipinski definition) is 2. The van der Waals surface area contributed by atoms with E-state index in [1.165, 1.54) is 11.1 Å². The zero-order valence-corrected chi connectivity index (χ0v) is 12.0. The molecule has 0 amide bonds.